The second-order valence-corrected chi connectivity index (χ2v) is 8.51. The number of hydrogen-bond donors (Lipinski definition) is 0. The number of rotatable bonds is 2. The standard InChI is InChI=1S/C32H20/c1-2-9-21(10-3-1)24-14-4-5-15-25(24)26-16-7-13-23-19-20-28-27-17-6-11-22-12-8-18-29(30(22)27)32(28)31(23)26/h1-20H. The van der Waals surface area contributed by atoms with Gasteiger partial charge in [0.1, 0.15) is 0 Å². The lowest BCUT2D eigenvalue weighted by atomic mass is 9.87. The molecule has 0 amide bonds. The third-order valence-corrected chi connectivity index (χ3v) is 6.81. The van der Waals surface area contributed by atoms with Crippen LogP contribution in [0.15, 0.2) is 121 Å². The van der Waals surface area contributed by atoms with Crippen LogP contribution in [-0.4, -0.2) is 0 Å². The summed E-state index contributed by atoms with van der Waals surface area (Å²) < 4.78 is 0. The van der Waals surface area contributed by atoms with E-state index in [1.165, 1.54) is 66.1 Å². The van der Waals surface area contributed by atoms with E-state index >= 15 is 0 Å². The Morgan fingerprint density at radius 2 is 0.844 bits per heavy atom. The fourth-order valence-electron chi connectivity index (χ4n) is 5.47. The first-order chi connectivity index (χ1) is 15.9. The number of hydrogen-bond acceptors (Lipinski definition) is 0. The molecule has 0 saturated heterocycles. The minimum Gasteiger partial charge on any atom is -0.0622 e. The molecule has 6 aromatic carbocycles. The molecule has 0 unspecified atom stereocenters. The van der Waals surface area contributed by atoms with Gasteiger partial charge in [-0.15, -0.1) is 0 Å². The second kappa shape index (κ2) is 6.67. The van der Waals surface area contributed by atoms with Gasteiger partial charge in [-0.2, -0.15) is 0 Å². The molecule has 0 N–H and O–H groups in total. The van der Waals surface area contributed by atoms with Crippen molar-refractivity contribution in [2.75, 3.05) is 0 Å². The maximum absolute atomic E-state index is 2.30. The molecule has 0 spiro atoms. The summed E-state index contributed by atoms with van der Waals surface area (Å²) in [5, 5.41) is 5.32. The normalized spacial score (nSPS) is 11.8. The monoisotopic (exact) mass is 404 g/mol. The summed E-state index contributed by atoms with van der Waals surface area (Å²) in [5.41, 5.74) is 10.5. The molecule has 1 aliphatic rings. The van der Waals surface area contributed by atoms with Crippen molar-refractivity contribution in [3.8, 4) is 44.5 Å². The summed E-state index contributed by atoms with van der Waals surface area (Å²) in [6.45, 7) is 0. The molecule has 0 atom stereocenters. The van der Waals surface area contributed by atoms with Gasteiger partial charge in [0, 0.05) is 0 Å². The van der Waals surface area contributed by atoms with Gasteiger partial charge in [0.25, 0.3) is 0 Å². The van der Waals surface area contributed by atoms with E-state index in [0.29, 0.717) is 0 Å². The van der Waals surface area contributed by atoms with Crippen molar-refractivity contribution in [3.05, 3.63) is 121 Å². The molecular formula is C32H20. The zero-order valence-electron chi connectivity index (χ0n) is 17.5. The molecular weight excluding hydrogens is 384 g/mol. The lowest BCUT2D eigenvalue weighted by Crippen LogP contribution is -1.89. The van der Waals surface area contributed by atoms with Crippen molar-refractivity contribution in [1.82, 2.24) is 0 Å². The summed E-state index contributed by atoms with van der Waals surface area (Å²) in [6.07, 6.45) is 0. The molecule has 0 heterocycles. The van der Waals surface area contributed by atoms with Crippen molar-refractivity contribution >= 4 is 21.5 Å². The van der Waals surface area contributed by atoms with E-state index in [9.17, 15) is 0 Å². The Labute approximate surface area is 187 Å². The molecule has 32 heavy (non-hydrogen) atoms. The van der Waals surface area contributed by atoms with Gasteiger partial charge in [-0.3, -0.25) is 0 Å². The zero-order chi connectivity index (χ0) is 21.1. The smallest absolute Gasteiger partial charge is 0.00139 e. The molecule has 0 heteroatoms. The molecule has 0 fully saturated rings. The minimum absolute atomic E-state index is 1.25. The van der Waals surface area contributed by atoms with Gasteiger partial charge in [-0.25, -0.2) is 0 Å². The Hall–Kier alpha value is -4.16. The second-order valence-electron chi connectivity index (χ2n) is 8.51. The first-order valence-corrected chi connectivity index (χ1v) is 11.1. The summed E-state index contributed by atoms with van der Waals surface area (Å²) in [7, 11) is 0. The molecule has 0 radical (unpaired) electrons. The van der Waals surface area contributed by atoms with Crippen molar-refractivity contribution in [2.24, 2.45) is 0 Å². The van der Waals surface area contributed by atoms with Gasteiger partial charge in [0.05, 0.1) is 0 Å². The van der Waals surface area contributed by atoms with Gasteiger partial charge < -0.3 is 0 Å². The average Bonchev–Trinajstić information content (AvgIpc) is 3.20. The zero-order valence-corrected chi connectivity index (χ0v) is 17.5. The van der Waals surface area contributed by atoms with E-state index in [1.54, 1.807) is 0 Å². The van der Waals surface area contributed by atoms with E-state index < -0.39 is 0 Å². The molecule has 0 aromatic heterocycles. The highest BCUT2D eigenvalue weighted by atomic mass is 14.3. The van der Waals surface area contributed by atoms with Crippen LogP contribution in [-0.2, 0) is 0 Å². The van der Waals surface area contributed by atoms with E-state index in [-0.39, 0.29) is 0 Å². The average molecular weight is 405 g/mol. The summed E-state index contributed by atoms with van der Waals surface area (Å²) in [6, 6.07) is 44.2. The van der Waals surface area contributed by atoms with Crippen LogP contribution >= 0.6 is 0 Å². The van der Waals surface area contributed by atoms with Gasteiger partial charge in [-0.05, 0) is 66.1 Å². The van der Waals surface area contributed by atoms with Crippen LogP contribution in [0.25, 0.3) is 66.1 Å². The minimum atomic E-state index is 1.25. The fourth-order valence-corrected chi connectivity index (χ4v) is 5.47. The Morgan fingerprint density at radius 1 is 0.281 bits per heavy atom. The quantitative estimate of drug-likeness (QED) is 0.270. The third kappa shape index (κ3) is 2.38. The molecule has 0 aliphatic heterocycles. The Balaban J connectivity index is 1.61. The molecule has 0 saturated carbocycles. The molecule has 148 valence electrons. The summed E-state index contributed by atoms with van der Waals surface area (Å²) in [4.78, 5) is 0. The maximum Gasteiger partial charge on any atom is -0.00139 e. The molecule has 1 aliphatic carbocycles. The van der Waals surface area contributed by atoms with Crippen LogP contribution in [0.1, 0.15) is 0 Å². The SMILES string of the molecule is c1ccc(-c2ccccc2-c2cccc3ccc4c(c23)-c2cccc3cccc-4c23)cc1. The largest absolute Gasteiger partial charge is 0.0622 e. The summed E-state index contributed by atoms with van der Waals surface area (Å²) >= 11 is 0. The van der Waals surface area contributed by atoms with Gasteiger partial charge in [-0.1, -0.05) is 121 Å². The van der Waals surface area contributed by atoms with Crippen LogP contribution in [0.5, 0.6) is 0 Å². The fraction of sp³-hybridized carbons (Fsp3) is 0. The van der Waals surface area contributed by atoms with Crippen molar-refractivity contribution in [3.63, 3.8) is 0 Å². The van der Waals surface area contributed by atoms with E-state index in [0.717, 1.165) is 0 Å². The van der Waals surface area contributed by atoms with Crippen LogP contribution in [0.4, 0.5) is 0 Å². The topological polar surface area (TPSA) is 0 Å². The molecule has 6 aromatic rings. The Morgan fingerprint density at radius 3 is 1.59 bits per heavy atom. The van der Waals surface area contributed by atoms with Crippen LogP contribution in [0, 0.1) is 0 Å². The van der Waals surface area contributed by atoms with Crippen LogP contribution in [0.3, 0.4) is 0 Å². The molecule has 0 bridgehead atoms. The summed E-state index contributed by atoms with van der Waals surface area (Å²) in [5.74, 6) is 0. The lowest BCUT2D eigenvalue weighted by Gasteiger charge is -2.16. The van der Waals surface area contributed by atoms with E-state index in [4.69, 9.17) is 0 Å². The number of benzene rings is 6. The van der Waals surface area contributed by atoms with E-state index in [1.807, 2.05) is 0 Å². The Kier molecular flexibility index (Phi) is 3.65. The predicted octanol–water partition coefficient (Wildman–Crippen LogP) is 8.97. The first kappa shape index (κ1) is 17.5. The van der Waals surface area contributed by atoms with Gasteiger partial charge in [0.15, 0.2) is 0 Å². The van der Waals surface area contributed by atoms with Crippen molar-refractivity contribution in [2.45, 2.75) is 0 Å². The van der Waals surface area contributed by atoms with Gasteiger partial charge >= 0.3 is 0 Å². The van der Waals surface area contributed by atoms with Crippen LogP contribution < -0.4 is 0 Å². The highest BCUT2D eigenvalue weighted by Crippen LogP contribution is 2.52. The highest BCUT2D eigenvalue weighted by Gasteiger charge is 2.24. The van der Waals surface area contributed by atoms with E-state index in [2.05, 4.69) is 121 Å². The van der Waals surface area contributed by atoms with Gasteiger partial charge in [0.2, 0.25) is 0 Å². The maximum atomic E-state index is 2.30. The predicted molar refractivity (Wildman–Crippen MR) is 137 cm³/mol. The third-order valence-electron chi connectivity index (χ3n) is 6.81. The van der Waals surface area contributed by atoms with Crippen molar-refractivity contribution < 1.29 is 0 Å². The highest BCUT2D eigenvalue weighted by molar-refractivity contribution is 6.23. The Bertz CT molecular complexity index is 1650. The van der Waals surface area contributed by atoms with Crippen LogP contribution in [0.2, 0.25) is 0 Å². The lowest BCUT2D eigenvalue weighted by molar-refractivity contribution is 1.60. The number of fused-ring (bicyclic) bond motifs is 5. The molecule has 0 nitrogen and oxygen atoms in total. The first-order valence-electron chi connectivity index (χ1n) is 11.1. The molecule has 7 rings (SSSR count). The van der Waals surface area contributed by atoms with Crippen molar-refractivity contribution in [1.29, 1.82) is 0 Å².